The van der Waals surface area contributed by atoms with Gasteiger partial charge in [0.25, 0.3) is 5.70 Å². The topological polar surface area (TPSA) is 180 Å². The molecular formula is C4H4N6O6. The Labute approximate surface area is 85.8 Å². The van der Waals surface area contributed by atoms with Gasteiger partial charge in [-0.15, -0.1) is 0 Å². The summed E-state index contributed by atoms with van der Waals surface area (Å²) in [4.78, 5) is 27.4. The number of hydrogen-bond acceptors (Lipinski definition) is 9. The standard InChI is InChI=1S/C4H4N6O6/c5-3-2(8(11)12)1(6-7-3)4(9(13)14)10(15)16/h6-7H,5H2. The lowest BCUT2D eigenvalue weighted by Crippen LogP contribution is -2.28. The van der Waals surface area contributed by atoms with E-state index in [2.05, 4.69) is 0 Å². The summed E-state index contributed by atoms with van der Waals surface area (Å²) in [6.07, 6.45) is 0. The van der Waals surface area contributed by atoms with Gasteiger partial charge in [-0.25, -0.2) is 0 Å². The molecule has 0 unspecified atom stereocenters. The van der Waals surface area contributed by atoms with Gasteiger partial charge in [-0.05, 0) is 0 Å². The minimum Gasteiger partial charge on any atom is -0.378 e. The highest BCUT2D eigenvalue weighted by molar-refractivity contribution is 5.31. The number of rotatable bonds is 3. The summed E-state index contributed by atoms with van der Waals surface area (Å²) < 4.78 is 0. The van der Waals surface area contributed by atoms with Crippen LogP contribution in [0, 0.1) is 30.3 Å². The summed E-state index contributed by atoms with van der Waals surface area (Å²) in [5, 5.41) is 31.2. The van der Waals surface area contributed by atoms with E-state index in [1.54, 1.807) is 0 Å². The van der Waals surface area contributed by atoms with E-state index in [0.29, 0.717) is 0 Å². The van der Waals surface area contributed by atoms with Crippen LogP contribution in [0.1, 0.15) is 0 Å². The number of hydrazine groups is 1. The second-order valence-corrected chi connectivity index (χ2v) is 2.48. The molecular weight excluding hydrogens is 228 g/mol. The molecule has 1 aliphatic heterocycles. The fraction of sp³-hybridized carbons (Fsp3) is 0. The largest absolute Gasteiger partial charge is 0.591 e. The predicted octanol–water partition coefficient (Wildman–Crippen LogP) is -1.78. The summed E-state index contributed by atoms with van der Waals surface area (Å²) in [6, 6.07) is 0. The minimum atomic E-state index is -1.56. The molecule has 0 aromatic carbocycles. The van der Waals surface area contributed by atoms with E-state index in [9.17, 15) is 30.3 Å². The van der Waals surface area contributed by atoms with Gasteiger partial charge in [-0.1, -0.05) is 0 Å². The molecule has 0 radical (unpaired) electrons. The van der Waals surface area contributed by atoms with E-state index < -0.39 is 37.8 Å². The molecule has 1 aliphatic rings. The van der Waals surface area contributed by atoms with Crippen molar-refractivity contribution in [3.05, 3.63) is 53.4 Å². The highest BCUT2D eigenvalue weighted by Crippen LogP contribution is 2.18. The number of nitrogens with zero attached hydrogens (tertiary/aromatic N) is 3. The molecule has 0 aromatic heterocycles. The predicted molar refractivity (Wildman–Crippen MR) is 45.5 cm³/mol. The molecule has 12 heteroatoms. The summed E-state index contributed by atoms with van der Waals surface area (Å²) in [6.45, 7) is 0. The normalized spacial score (nSPS) is 14.1. The Kier molecular flexibility index (Phi) is 2.56. The van der Waals surface area contributed by atoms with Crippen LogP contribution in [0.15, 0.2) is 23.0 Å². The van der Waals surface area contributed by atoms with Crippen LogP contribution in [0.2, 0.25) is 0 Å². The fourth-order valence-corrected chi connectivity index (χ4v) is 0.984. The van der Waals surface area contributed by atoms with Gasteiger partial charge in [0.2, 0.25) is 0 Å². The first kappa shape index (κ1) is 11.2. The van der Waals surface area contributed by atoms with Crippen LogP contribution in [0.4, 0.5) is 0 Å². The summed E-state index contributed by atoms with van der Waals surface area (Å²) in [5.41, 5.74) is 7.16. The van der Waals surface area contributed by atoms with Crippen LogP contribution >= 0.6 is 0 Å². The summed E-state index contributed by atoms with van der Waals surface area (Å²) in [5.74, 6) is -2.10. The molecule has 86 valence electrons. The Morgan fingerprint density at radius 3 is 1.94 bits per heavy atom. The SMILES string of the molecule is NC1=C([N+](=O)[O-])C(=C([N+](=O)[O-])[N+](=O)[O-])NN1. The van der Waals surface area contributed by atoms with Crippen LogP contribution in [0.25, 0.3) is 0 Å². The summed E-state index contributed by atoms with van der Waals surface area (Å²) in [7, 11) is 0. The quantitative estimate of drug-likeness (QED) is 0.374. The van der Waals surface area contributed by atoms with E-state index in [1.807, 2.05) is 10.9 Å². The molecule has 1 heterocycles. The molecule has 0 bridgehead atoms. The molecule has 0 atom stereocenters. The average Bonchev–Trinajstić information content (AvgIpc) is 2.46. The third kappa shape index (κ3) is 1.66. The van der Waals surface area contributed by atoms with Gasteiger partial charge in [-0.3, -0.25) is 41.2 Å². The van der Waals surface area contributed by atoms with E-state index in [0.717, 1.165) is 0 Å². The molecule has 0 aliphatic carbocycles. The maximum atomic E-state index is 10.5. The second kappa shape index (κ2) is 3.68. The molecule has 0 spiro atoms. The monoisotopic (exact) mass is 232 g/mol. The Morgan fingerprint density at radius 1 is 1.06 bits per heavy atom. The van der Waals surface area contributed by atoms with Crippen LogP contribution in [-0.2, 0) is 0 Å². The van der Waals surface area contributed by atoms with E-state index in [-0.39, 0.29) is 0 Å². The van der Waals surface area contributed by atoms with Gasteiger partial charge in [0.15, 0.2) is 5.82 Å². The van der Waals surface area contributed by atoms with Gasteiger partial charge >= 0.3 is 11.5 Å². The van der Waals surface area contributed by atoms with Crippen molar-refractivity contribution in [2.45, 2.75) is 0 Å². The van der Waals surface area contributed by atoms with Gasteiger partial charge in [0, 0.05) is 0 Å². The van der Waals surface area contributed by atoms with Gasteiger partial charge < -0.3 is 5.73 Å². The zero-order chi connectivity index (χ0) is 12.5. The summed E-state index contributed by atoms with van der Waals surface area (Å²) >= 11 is 0. The molecule has 4 N–H and O–H groups in total. The second-order valence-electron chi connectivity index (χ2n) is 2.48. The average molecular weight is 232 g/mol. The van der Waals surface area contributed by atoms with Crippen molar-refractivity contribution < 1.29 is 14.8 Å². The first-order valence-electron chi connectivity index (χ1n) is 3.55. The minimum absolute atomic E-state index is 0.541. The lowest BCUT2D eigenvalue weighted by molar-refractivity contribution is -0.618. The Balaban J connectivity index is 3.42. The molecule has 12 nitrogen and oxygen atoms in total. The zero-order valence-electron chi connectivity index (χ0n) is 7.37. The van der Waals surface area contributed by atoms with Crippen LogP contribution in [0.5, 0.6) is 0 Å². The number of nitrogens with one attached hydrogen (secondary N) is 2. The fourth-order valence-electron chi connectivity index (χ4n) is 0.984. The lowest BCUT2D eigenvalue weighted by atomic mass is 10.3. The van der Waals surface area contributed by atoms with Crippen molar-refractivity contribution in [1.82, 2.24) is 10.9 Å². The molecule has 0 aromatic rings. The maximum Gasteiger partial charge on any atom is 0.591 e. The Bertz CT molecular complexity index is 434. The van der Waals surface area contributed by atoms with E-state index in [1.165, 1.54) is 0 Å². The molecule has 0 amide bonds. The first-order valence-corrected chi connectivity index (χ1v) is 3.55. The van der Waals surface area contributed by atoms with Crippen molar-refractivity contribution >= 4 is 0 Å². The molecule has 0 fully saturated rings. The lowest BCUT2D eigenvalue weighted by Gasteiger charge is -1.95. The number of hydrogen-bond donors (Lipinski definition) is 3. The Morgan fingerprint density at radius 2 is 1.56 bits per heavy atom. The third-order valence-corrected chi connectivity index (χ3v) is 1.57. The van der Waals surface area contributed by atoms with E-state index in [4.69, 9.17) is 5.73 Å². The zero-order valence-corrected chi connectivity index (χ0v) is 7.37. The van der Waals surface area contributed by atoms with Crippen LogP contribution in [-0.4, -0.2) is 14.8 Å². The maximum absolute atomic E-state index is 10.5. The van der Waals surface area contributed by atoms with Crippen molar-refractivity contribution in [1.29, 1.82) is 0 Å². The van der Waals surface area contributed by atoms with Crippen LogP contribution < -0.4 is 16.6 Å². The Hall–Kier alpha value is -2.92. The van der Waals surface area contributed by atoms with Crippen molar-refractivity contribution in [2.75, 3.05) is 0 Å². The molecule has 16 heavy (non-hydrogen) atoms. The number of nitro groups is 3. The van der Waals surface area contributed by atoms with Crippen molar-refractivity contribution in [2.24, 2.45) is 5.73 Å². The molecule has 0 saturated carbocycles. The first-order chi connectivity index (χ1) is 7.36. The number of nitrogens with two attached hydrogens (primary N) is 1. The smallest absolute Gasteiger partial charge is 0.378 e. The van der Waals surface area contributed by atoms with Gasteiger partial charge in [0.05, 0.1) is 4.92 Å². The van der Waals surface area contributed by atoms with Gasteiger partial charge in [-0.2, -0.15) is 0 Å². The highest BCUT2D eigenvalue weighted by atomic mass is 16.7. The molecule has 1 rings (SSSR count). The van der Waals surface area contributed by atoms with E-state index >= 15 is 0 Å². The van der Waals surface area contributed by atoms with Gasteiger partial charge in [0.1, 0.15) is 9.85 Å². The van der Waals surface area contributed by atoms with Crippen LogP contribution in [0.3, 0.4) is 0 Å². The van der Waals surface area contributed by atoms with Crippen molar-refractivity contribution in [3.63, 3.8) is 0 Å². The molecule has 0 saturated heterocycles. The van der Waals surface area contributed by atoms with Crippen molar-refractivity contribution in [3.8, 4) is 0 Å². The third-order valence-electron chi connectivity index (χ3n) is 1.57. The highest BCUT2D eigenvalue weighted by Gasteiger charge is 2.44.